The number of carboxylic acid groups (broad SMARTS) is 1. The third-order valence-corrected chi connectivity index (χ3v) is 7.31. The third-order valence-electron chi connectivity index (χ3n) is 7.31. The number of imide groups is 1. The molecule has 222 valence electrons. The second kappa shape index (κ2) is 11.8. The first kappa shape index (κ1) is 28.9. The molecule has 2 N–H and O–H groups in total. The molecule has 0 aromatic heterocycles. The number of ether oxygens (including phenoxy) is 2. The summed E-state index contributed by atoms with van der Waals surface area (Å²) < 4.78 is 12.0. The van der Waals surface area contributed by atoms with Gasteiger partial charge in [0.2, 0.25) is 0 Å². The number of hydrogen-bond acceptors (Lipinski definition) is 6. The molecule has 45 heavy (non-hydrogen) atoms. The lowest BCUT2D eigenvalue weighted by atomic mass is 9.99. The number of carboxylic acids is 1. The molecule has 1 aliphatic rings. The summed E-state index contributed by atoms with van der Waals surface area (Å²) in [6.07, 6.45) is 0. The molecule has 0 radical (unpaired) electrons. The average Bonchev–Trinajstić information content (AvgIpc) is 3.29. The van der Waals surface area contributed by atoms with Crippen LogP contribution in [0.15, 0.2) is 109 Å². The van der Waals surface area contributed by atoms with Crippen molar-refractivity contribution in [2.75, 3.05) is 11.9 Å². The van der Waals surface area contributed by atoms with Crippen LogP contribution in [0.2, 0.25) is 0 Å². The predicted molar refractivity (Wildman–Crippen MR) is 168 cm³/mol. The summed E-state index contributed by atoms with van der Waals surface area (Å²) in [4.78, 5) is 51.5. The van der Waals surface area contributed by atoms with Crippen LogP contribution in [0.3, 0.4) is 0 Å². The van der Waals surface area contributed by atoms with Crippen LogP contribution in [0.25, 0.3) is 11.1 Å². The van der Waals surface area contributed by atoms with Gasteiger partial charge < -0.3 is 19.9 Å². The first-order valence-corrected chi connectivity index (χ1v) is 14.0. The molecule has 9 nitrogen and oxygen atoms in total. The van der Waals surface area contributed by atoms with E-state index in [1.165, 1.54) is 7.05 Å². The number of carbonyl (C=O) groups excluding carboxylic acids is 3. The van der Waals surface area contributed by atoms with Crippen molar-refractivity contribution in [2.45, 2.75) is 6.92 Å². The minimum atomic E-state index is -1.39. The van der Waals surface area contributed by atoms with E-state index in [9.17, 15) is 24.3 Å². The number of fused-ring (bicyclic) bond motifs is 1. The minimum Gasteiger partial charge on any atom is -0.478 e. The summed E-state index contributed by atoms with van der Waals surface area (Å²) in [5.74, 6) is -1.01. The Hall–Kier alpha value is -6.22. The number of hydrogen-bond donors (Lipinski definition) is 2. The van der Waals surface area contributed by atoms with E-state index in [0.29, 0.717) is 11.5 Å². The van der Waals surface area contributed by atoms with Gasteiger partial charge >= 0.3 is 5.97 Å². The van der Waals surface area contributed by atoms with Crippen LogP contribution in [-0.2, 0) is 0 Å². The largest absolute Gasteiger partial charge is 0.478 e. The van der Waals surface area contributed by atoms with E-state index in [1.54, 1.807) is 24.3 Å². The molecule has 5 aromatic carbocycles. The van der Waals surface area contributed by atoms with Crippen molar-refractivity contribution in [1.29, 1.82) is 0 Å². The number of amides is 3. The molecule has 9 heteroatoms. The minimum absolute atomic E-state index is 0.0553. The highest BCUT2D eigenvalue weighted by Crippen LogP contribution is 2.34. The topological polar surface area (TPSA) is 122 Å². The molecule has 0 unspecified atom stereocenters. The van der Waals surface area contributed by atoms with E-state index >= 15 is 0 Å². The van der Waals surface area contributed by atoms with Crippen molar-refractivity contribution in [3.8, 4) is 34.1 Å². The number of benzene rings is 5. The van der Waals surface area contributed by atoms with Gasteiger partial charge in [-0.3, -0.25) is 14.4 Å². The summed E-state index contributed by atoms with van der Waals surface area (Å²) in [7, 11) is 1.35. The zero-order valence-corrected chi connectivity index (χ0v) is 24.2. The van der Waals surface area contributed by atoms with Gasteiger partial charge in [0.25, 0.3) is 17.7 Å². The first-order valence-electron chi connectivity index (χ1n) is 14.0. The zero-order chi connectivity index (χ0) is 31.7. The van der Waals surface area contributed by atoms with Crippen LogP contribution >= 0.6 is 0 Å². The normalized spacial score (nSPS) is 12.1. The highest BCUT2D eigenvalue weighted by molar-refractivity contribution is 6.35. The van der Waals surface area contributed by atoms with Crippen molar-refractivity contribution in [1.82, 2.24) is 5.32 Å². The molecule has 1 aliphatic heterocycles. The number of anilines is 1. The summed E-state index contributed by atoms with van der Waals surface area (Å²) in [6.45, 7) is 2.01. The number of aromatic carboxylic acids is 1. The van der Waals surface area contributed by atoms with Crippen molar-refractivity contribution >= 4 is 29.4 Å². The van der Waals surface area contributed by atoms with Crippen molar-refractivity contribution in [3.63, 3.8) is 0 Å². The lowest BCUT2D eigenvalue weighted by molar-refractivity contribution is 0.0690. The SMILES string of the molecule is CNC(=O)c1cc2c(cc1C(=O)O)C(=O)N(c1cccc(Oc3ccc(-c4ccc(Oc5cccc(C)c5)cc4)cc3)c1)C2=O. The Bertz CT molecular complexity index is 1980. The summed E-state index contributed by atoms with van der Waals surface area (Å²) in [5, 5.41) is 11.9. The standard InChI is InChI=1S/C36H26N2O7/c1-21-5-3-7-27(17-21)44-25-13-9-22(10-14-25)23-11-15-26(16-12-23)45-28-8-4-6-24(18-28)38-34(40)30-19-29(33(39)37-2)32(36(42)43)20-31(30)35(38)41/h3-20H,1-2H3,(H,37,39)(H,42,43). The zero-order valence-electron chi connectivity index (χ0n) is 24.2. The second-order valence-electron chi connectivity index (χ2n) is 10.3. The van der Waals surface area contributed by atoms with Crippen LogP contribution in [0, 0.1) is 6.92 Å². The predicted octanol–water partition coefficient (Wildman–Crippen LogP) is 7.11. The lowest BCUT2D eigenvalue weighted by Crippen LogP contribution is -2.29. The van der Waals surface area contributed by atoms with Gasteiger partial charge in [0.05, 0.1) is 27.9 Å². The first-order chi connectivity index (χ1) is 21.7. The van der Waals surface area contributed by atoms with Crippen molar-refractivity contribution < 1.29 is 33.8 Å². The number of nitrogens with zero attached hydrogens (tertiary/aromatic N) is 1. The maximum Gasteiger partial charge on any atom is 0.336 e. The van der Waals surface area contributed by atoms with Gasteiger partial charge in [0.15, 0.2) is 0 Å². The number of aryl methyl sites for hydroxylation is 1. The fourth-order valence-electron chi connectivity index (χ4n) is 5.09. The second-order valence-corrected chi connectivity index (χ2v) is 10.3. The molecule has 0 saturated heterocycles. The van der Waals surface area contributed by atoms with Crippen molar-refractivity contribution in [3.05, 3.63) is 137 Å². The molecule has 0 aliphatic carbocycles. The number of nitrogens with one attached hydrogen (secondary N) is 1. The Kier molecular flexibility index (Phi) is 7.58. The third kappa shape index (κ3) is 5.74. The van der Waals surface area contributed by atoms with Crippen LogP contribution in [-0.4, -0.2) is 35.8 Å². The molecule has 0 atom stereocenters. The smallest absolute Gasteiger partial charge is 0.336 e. The molecule has 1 heterocycles. The van der Waals surface area contributed by atoms with E-state index in [4.69, 9.17) is 9.47 Å². The van der Waals surface area contributed by atoms with Gasteiger partial charge in [0.1, 0.15) is 23.0 Å². The van der Waals surface area contributed by atoms with E-state index in [-0.39, 0.29) is 27.9 Å². The summed E-state index contributed by atoms with van der Waals surface area (Å²) in [5.41, 5.74) is 2.60. The molecule has 5 aromatic rings. The number of rotatable bonds is 8. The Balaban J connectivity index is 1.18. The molecule has 0 spiro atoms. The van der Waals surface area contributed by atoms with Crippen LogP contribution in [0.5, 0.6) is 23.0 Å². The fraction of sp³-hybridized carbons (Fsp3) is 0.0556. The van der Waals surface area contributed by atoms with Crippen LogP contribution in [0.1, 0.15) is 47.0 Å². The van der Waals surface area contributed by atoms with Gasteiger partial charge in [-0.1, -0.05) is 42.5 Å². The summed E-state index contributed by atoms with van der Waals surface area (Å²) >= 11 is 0. The quantitative estimate of drug-likeness (QED) is 0.183. The lowest BCUT2D eigenvalue weighted by Gasteiger charge is -2.15. The molecule has 0 bridgehead atoms. The Morgan fingerprint density at radius 2 is 1.16 bits per heavy atom. The number of carbonyl (C=O) groups is 4. The molecule has 0 saturated carbocycles. The van der Waals surface area contributed by atoms with Gasteiger partial charge in [-0.15, -0.1) is 0 Å². The van der Waals surface area contributed by atoms with Crippen molar-refractivity contribution in [2.24, 2.45) is 0 Å². The molecule has 6 rings (SSSR count). The van der Waals surface area contributed by atoms with Gasteiger partial charge in [-0.25, -0.2) is 9.69 Å². The molecular formula is C36H26N2O7. The monoisotopic (exact) mass is 598 g/mol. The van der Waals surface area contributed by atoms with Gasteiger partial charge in [-0.05, 0) is 84.3 Å². The van der Waals surface area contributed by atoms with E-state index in [2.05, 4.69) is 5.32 Å². The molecule has 0 fully saturated rings. The van der Waals surface area contributed by atoms with E-state index in [1.807, 2.05) is 79.7 Å². The Morgan fingerprint density at radius 1 is 0.644 bits per heavy atom. The highest BCUT2D eigenvalue weighted by Gasteiger charge is 2.39. The van der Waals surface area contributed by atoms with Crippen LogP contribution in [0.4, 0.5) is 5.69 Å². The fourth-order valence-corrected chi connectivity index (χ4v) is 5.09. The summed E-state index contributed by atoms with van der Waals surface area (Å²) in [6, 6.07) is 31.7. The molecule has 3 amide bonds. The maximum atomic E-state index is 13.3. The molecular weight excluding hydrogens is 572 g/mol. The van der Waals surface area contributed by atoms with E-state index in [0.717, 1.165) is 45.2 Å². The van der Waals surface area contributed by atoms with Gasteiger partial charge in [-0.2, -0.15) is 0 Å². The Morgan fingerprint density at radius 3 is 1.67 bits per heavy atom. The van der Waals surface area contributed by atoms with E-state index < -0.39 is 23.7 Å². The Labute approximate surface area is 258 Å². The maximum absolute atomic E-state index is 13.3. The highest BCUT2D eigenvalue weighted by atomic mass is 16.5. The van der Waals surface area contributed by atoms with Crippen LogP contribution < -0.4 is 19.7 Å². The average molecular weight is 599 g/mol. The van der Waals surface area contributed by atoms with Gasteiger partial charge in [0, 0.05) is 13.1 Å².